The largest absolute Gasteiger partial charge is 0.465 e. The van der Waals surface area contributed by atoms with Crippen LogP contribution in [0.25, 0.3) is 0 Å². The predicted octanol–water partition coefficient (Wildman–Crippen LogP) is 1.31. The molecule has 1 heterocycles. The summed E-state index contributed by atoms with van der Waals surface area (Å²) in [5, 5.41) is -0.0431. The molecule has 0 saturated carbocycles. The molecule has 0 bridgehead atoms. The second-order valence-electron chi connectivity index (χ2n) is 4.01. The molecule has 0 aliphatic carbocycles. The van der Waals surface area contributed by atoms with Crippen LogP contribution in [0.3, 0.4) is 0 Å². The van der Waals surface area contributed by atoms with Crippen LogP contribution >= 0.6 is 0 Å². The van der Waals surface area contributed by atoms with Crippen molar-refractivity contribution in [3.8, 4) is 0 Å². The van der Waals surface area contributed by atoms with Gasteiger partial charge in [0, 0.05) is 5.69 Å². The average Bonchev–Trinajstić information content (AvgIpc) is 2.85. The van der Waals surface area contributed by atoms with Gasteiger partial charge in [0.2, 0.25) is 0 Å². The minimum Gasteiger partial charge on any atom is -0.465 e. The monoisotopic (exact) mass is 295 g/mol. The lowest BCUT2D eigenvalue weighted by Crippen LogP contribution is -2.14. The fraction of sp³-hybridized carbons (Fsp3) is 0.167. The number of nitrogens with one attached hydrogen (secondary N) is 2. The fourth-order valence-electron chi connectivity index (χ4n) is 1.57. The van der Waals surface area contributed by atoms with Gasteiger partial charge in [0.05, 0.1) is 18.9 Å². The lowest BCUT2D eigenvalue weighted by molar-refractivity contribution is 0.0601. The SMILES string of the molecule is COC(=O)c1cccc(NS(=O)(=O)c2cnc(C)[nH]2)c1. The van der Waals surface area contributed by atoms with Gasteiger partial charge in [-0.05, 0) is 25.1 Å². The third-order valence-electron chi connectivity index (χ3n) is 2.50. The van der Waals surface area contributed by atoms with Crippen LogP contribution in [0, 0.1) is 6.92 Å². The summed E-state index contributed by atoms with van der Waals surface area (Å²) in [5.74, 6) is -0.0443. The summed E-state index contributed by atoms with van der Waals surface area (Å²) in [6, 6.07) is 6.02. The van der Waals surface area contributed by atoms with E-state index in [1.54, 1.807) is 13.0 Å². The van der Waals surface area contributed by atoms with Crippen LogP contribution in [-0.2, 0) is 14.8 Å². The number of esters is 1. The van der Waals surface area contributed by atoms with Crippen molar-refractivity contribution in [1.82, 2.24) is 9.97 Å². The number of hydrogen-bond donors (Lipinski definition) is 2. The number of aromatic amines is 1. The summed E-state index contributed by atoms with van der Waals surface area (Å²) in [6.45, 7) is 1.65. The topological polar surface area (TPSA) is 101 Å². The molecule has 0 unspecified atom stereocenters. The quantitative estimate of drug-likeness (QED) is 0.828. The van der Waals surface area contributed by atoms with Crippen LogP contribution in [0.15, 0.2) is 35.5 Å². The molecule has 0 aliphatic heterocycles. The van der Waals surface area contributed by atoms with Gasteiger partial charge in [-0.1, -0.05) is 6.07 Å². The number of imidazole rings is 1. The summed E-state index contributed by atoms with van der Waals surface area (Å²) in [7, 11) is -2.51. The molecular weight excluding hydrogens is 282 g/mol. The number of sulfonamides is 1. The van der Waals surface area contributed by atoms with Crippen LogP contribution in [0.4, 0.5) is 5.69 Å². The number of carbonyl (C=O) groups is 1. The molecule has 0 radical (unpaired) electrons. The van der Waals surface area contributed by atoms with Crippen molar-refractivity contribution in [2.45, 2.75) is 11.9 Å². The van der Waals surface area contributed by atoms with Crippen LogP contribution < -0.4 is 4.72 Å². The molecule has 2 rings (SSSR count). The molecule has 0 atom stereocenters. The lowest BCUT2D eigenvalue weighted by atomic mass is 10.2. The Bertz CT molecular complexity index is 737. The maximum Gasteiger partial charge on any atom is 0.337 e. The highest BCUT2D eigenvalue weighted by atomic mass is 32.2. The number of ether oxygens (including phenoxy) is 1. The van der Waals surface area contributed by atoms with Crippen molar-refractivity contribution in [3.05, 3.63) is 41.9 Å². The first-order valence-electron chi connectivity index (χ1n) is 5.65. The molecule has 8 heteroatoms. The first-order valence-corrected chi connectivity index (χ1v) is 7.13. The van der Waals surface area contributed by atoms with Gasteiger partial charge in [-0.2, -0.15) is 8.42 Å². The van der Waals surface area contributed by atoms with E-state index in [2.05, 4.69) is 19.4 Å². The Labute approximate surface area is 116 Å². The number of anilines is 1. The van der Waals surface area contributed by atoms with Gasteiger partial charge in [0.15, 0.2) is 5.03 Å². The number of hydrogen-bond acceptors (Lipinski definition) is 5. The molecule has 106 valence electrons. The Balaban J connectivity index is 2.28. The zero-order chi connectivity index (χ0) is 14.8. The molecule has 1 aromatic carbocycles. The highest BCUT2D eigenvalue weighted by Gasteiger charge is 2.17. The van der Waals surface area contributed by atoms with E-state index in [1.807, 2.05) is 0 Å². The van der Waals surface area contributed by atoms with Crippen molar-refractivity contribution in [3.63, 3.8) is 0 Å². The minimum absolute atomic E-state index is 0.0431. The van der Waals surface area contributed by atoms with Gasteiger partial charge >= 0.3 is 5.97 Å². The Morgan fingerprint density at radius 2 is 2.15 bits per heavy atom. The smallest absolute Gasteiger partial charge is 0.337 e. The number of methoxy groups -OCH3 is 1. The van der Waals surface area contributed by atoms with E-state index < -0.39 is 16.0 Å². The zero-order valence-corrected chi connectivity index (χ0v) is 11.7. The van der Waals surface area contributed by atoms with Gasteiger partial charge in [0.1, 0.15) is 5.82 Å². The van der Waals surface area contributed by atoms with Gasteiger partial charge < -0.3 is 9.72 Å². The summed E-state index contributed by atoms with van der Waals surface area (Å²) in [5.41, 5.74) is 0.522. The standard InChI is InChI=1S/C12H13N3O4S/c1-8-13-7-11(14-8)20(17,18)15-10-5-3-4-9(6-10)12(16)19-2/h3-7,15H,1-2H3,(H,13,14). The Kier molecular flexibility index (Phi) is 3.75. The van der Waals surface area contributed by atoms with Crippen LogP contribution in [0.1, 0.15) is 16.2 Å². The van der Waals surface area contributed by atoms with E-state index >= 15 is 0 Å². The third-order valence-corrected chi connectivity index (χ3v) is 3.80. The van der Waals surface area contributed by atoms with Crippen molar-refractivity contribution < 1.29 is 17.9 Å². The Morgan fingerprint density at radius 3 is 2.75 bits per heavy atom. The highest BCUT2D eigenvalue weighted by molar-refractivity contribution is 7.92. The van der Waals surface area contributed by atoms with Crippen LogP contribution in [0.5, 0.6) is 0 Å². The number of aromatic nitrogens is 2. The molecule has 0 aliphatic rings. The Hall–Kier alpha value is -2.35. The molecule has 0 fully saturated rings. The molecule has 1 aromatic heterocycles. The molecular formula is C12H13N3O4S. The van der Waals surface area contributed by atoms with Gasteiger partial charge in [-0.3, -0.25) is 4.72 Å². The molecule has 0 spiro atoms. The van der Waals surface area contributed by atoms with Crippen LogP contribution in [0.2, 0.25) is 0 Å². The fourth-order valence-corrected chi connectivity index (χ4v) is 2.59. The van der Waals surface area contributed by atoms with E-state index in [1.165, 1.54) is 31.5 Å². The number of benzene rings is 1. The van der Waals surface area contributed by atoms with E-state index in [9.17, 15) is 13.2 Å². The van der Waals surface area contributed by atoms with Gasteiger partial charge in [-0.15, -0.1) is 0 Å². The predicted molar refractivity (Wildman–Crippen MR) is 71.9 cm³/mol. The maximum atomic E-state index is 12.1. The zero-order valence-electron chi connectivity index (χ0n) is 10.9. The second-order valence-corrected chi connectivity index (χ2v) is 5.66. The third kappa shape index (κ3) is 2.97. The second kappa shape index (κ2) is 5.33. The number of nitrogens with zero attached hydrogens (tertiary/aromatic N) is 1. The maximum absolute atomic E-state index is 12.1. The molecule has 0 amide bonds. The van der Waals surface area contributed by atoms with Crippen molar-refractivity contribution >= 4 is 21.7 Å². The minimum atomic E-state index is -3.76. The lowest BCUT2D eigenvalue weighted by Gasteiger charge is -2.07. The number of H-pyrrole nitrogens is 1. The number of aryl methyl sites for hydroxylation is 1. The normalized spacial score (nSPS) is 11.1. The molecule has 2 N–H and O–H groups in total. The van der Waals surface area contributed by atoms with E-state index in [0.29, 0.717) is 5.82 Å². The number of carbonyl (C=O) groups excluding carboxylic acids is 1. The van der Waals surface area contributed by atoms with Crippen molar-refractivity contribution in [2.24, 2.45) is 0 Å². The van der Waals surface area contributed by atoms with Crippen molar-refractivity contribution in [1.29, 1.82) is 0 Å². The summed E-state index contributed by atoms with van der Waals surface area (Å²) >= 11 is 0. The Morgan fingerprint density at radius 1 is 1.40 bits per heavy atom. The van der Waals surface area contributed by atoms with Crippen LogP contribution in [-0.4, -0.2) is 31.5 Å². The van der Waals surface area contributed by atoms with Gasteiger partial charge in [-0.25, -0.2) is 9.78 Å². The van der Waals surface area contributed by atoms with Gasteiger partial charge in [0.25, 0.3) is 10.0 Å². The van der Waals surface area contributed by atoms with E-state index in [4.69, 9.17) is 0 Å². The number of rotatable bonds is 4. The first-order chi connectivity index (χ1) is 9.42. The molecule has 0 saturated heterocycles. The molecule has 7 nitrogen and oxygen atoms in total. The summed E-state index contributed by atoms with van der Waals surface area (Å²) < 4.78 is 31.1. The van der Waals surface area contributed by atoms with Crippen molar-refractivity contribution in [2.75, 3.05) is 11.8 Å². The summed E-state index contributed by atoms with van der Waals surface area (Å²) in [6.07, 6.45) is 1.22. The molecule has 2 aromatic rings. The van der Waals surface area contributed by atoms with E-state index in [-0.39, 0.29) is 16.3 Å². The highest BCUT2D eigenvalue weighted by Crippen LogP contribution is 2.16. The van der Waals surface area contributed by atoms with E-state index in [0.717, 1.165) is 0 Å². The first kappa shape index (κ1) is 14.1. The molecule has 20 heavy (non-hydrogen) atoms. The summed E-state index contributed by atoms with van der Waals surface area (Å²) in [4.78, 5) is 17.9. The average molecular weight is 295 g/mol.